The predicted molar refractivity (Wildman–Crippen MR) is 211 cm³/mol. The maximum Gasteiger partial charge on any atom is 0.326 e. The van der Waals surface area contributed by atoms with Crippen LogP contribution in [0.4, 0.5) is 0 Å². The zero-order valence-corrected chi connectivity index (χ0v) is 32.5. The number of hydrogen-bond donors (Lipinski definition) is 6. The molecule has 2 rings (SSSR count). The van der Waals surface area contributed by atoms with E-state index in [9.17, 15) is 39.1 Å². The van der Waals surface area contributed by atoms with Crippen molar-refractivity contribution in [1.29, 1.82) is 5.26 Å². The summed E-state index contributed by atoms with van der Waals surface area (Å²) in [4.78, 5) is 80.3. The third-order valence-corrected chi connectivity index (χ3v) is 9.92. The number of carboxylic acids is 1. The van der Waals surface area contributed by atoms with Gasteiger partial charge >= 0.3 is 5.97 Å². The number of nitriles is 1. The summed E-state index contributed by atoms with van der Waals surface area (Å²) in [7, 11) is 0. The number of rotatable bonds is 22. The van der Waals surface area contributed by atoms with Crippen LogP contribution in [0.2, 0.25) is 0 Å². The van der Waals surface area contributed by atoms with Gasteiger partial charge in [-0.25, -0.2) is 4.79 Å². The maximum atomic E-state index is 14.3. The number of carbonyl (C=O) groups is 6. The van der Waals surface area contributed by atoms with Crippen LogP contribution in [0.15, 0.2) is 60.7 Å². The van der Waals surface area contributed by atoms with Crippen LogP contribution >= 0.6 is 24.0 Å². The molecule has 8 N–H and O–H groups in total. The molecular formula is C38H51N7O7S2. The molecule has 0 saturated carbocycles. The number of imide groups is 1. The van der Waals surface area contributed by atoms with Crippen LogP contribution in [0.5, 0.6) is 0 Å². The van der Waals surface area contributed by atoms with Crippen LogP contribution in [0.3, 0.4) is 0 Å². The van der Waals surface area contributed by atoms with Crippen LogP contribution < -0.4 is 27.4 Å². The van der Waals surface area contributed by atoms with E-state index in [1.807, 2.05) is 6.07 Å². The second kappa shape index (κ2) is 23.2. The lowest BCUT2D eigenvalue weighted by molar-refractivity contribution is -0.151. The molecule has 14 nitrogen and oxygen atoms in total. The highest BCUT2D eigenvalue weighted by atomic mass is 32.2. The first-order chi connectivity index (χ1) is 25.6. The Bertz CT molecular complexity index is 1640. The van der Waals surface area contributed by atoms with E-state index in [1.165, 1.54) is 0 Å². The highest BCUT2D eigenvalue weighted by Crippen LogP contribution is 2.33. The molecule has 4 atom stereocenters. The average molecular weight is 782 g/mol. The molecule has 2 aromatic rings. The molecule has 0 aliphatic heterocycles. The summed E-state index contributed by atoms with van der Waals surface area (Å²) in [5.41, 5.74) is 12.5. The lowest BCUT2D eigenvalue weighted by Crippen LogP contribution is -2.58. The van der Waals surface area contributed by atoms with Crippen molar-refractivity contribution in [3.63, 3.8) is 0 Å². The van der Waals surface area contributed by atoms with E-state index in [0.717, 1.165) is 22.9 Å². The summed E-state index contributed by atoms with van der Waals surface area (Å²) in [6.07, 6.45) is 0.709. The normalized spacial score (nSPS) is 13.6. The highest BCUT2D eigenvalue weighted by Gasteiger charge is 2.36. The van der Waals surface area contributed by atoms with Crippen molar-refractivity contribution in [2.75, 3.05) is 19.6 Å². The molecule has 16 heteroatoms. The molecular weight excluding hydrogens is 731 g/mol. The smallest absolute Gasteiger partial charge is 0.326 e. The minimum Gasteiger partial charge on any atom is -0.480 e. The van der Waals surface area contributed by atoms with Gasteiger partial charge in [-0.2, -0.15) is 5.26 Å². The molecule has 0 aromatic heterocycles. The summed E-state index contributed by atoms with van der Waals surface area (Å²) in [6, 6.07) is 16.3. The Morgan fingerprint density at radius 3 is 2.07 bits per heavy atom. The van der Waals surface area contributed by atoms with Crippen molar-refractivity contribution in [2.45, 2.75) is 88.6 Å². The molecule has 0 radical (unpaired) electrons. The zero-order valence-electron chi connectivity index (χ0n) is 30.9. The second-order valence-corrected chi connectivity index (χ2v) is 15.5. The molecule has 292 valence electrons. The van der Waals surface area contributed by atoms with E-state index in [2.05, 4.69) is 22.0 Å². The third kappa shape index (κ3) is 15.7. The number of nitrogens with zero attached hydrogens (tertiary/aromatic N) is 2. The molecule has 0 fully saturated rings. The highest BCUT2D eigenvalue weighted by molar-refractivity contribution is 8.24. The Balaban J connectivity index is 2.42. The van der Waals surface area contributed by atoms with Gasteiger partial charge in [0.1, 0.15) is 29.4 Å². The summed E-state index contributed by atoms with van der Waals surface area (Å²) in [6.45, 7) is 4.31. The SMILES string of the molecule is CC(C)C[C@H](NC(=O)[C@H](Cc1ccccc1)NC(=O)CN)C(=O)N(CC(=O)N[C@@H](CCCCN)C(=O)O)C(=O)CCC(C)(C#N)SC(=S)c1ccccc1. The van der Waals surface area contributed by atoms with E-state index < -0.39 is 64.9 Å². The van der Waals surface area contributed by atoms with Gasteiger partial charge in [0.25, 0.3) is 5.91 Å². The van der Waals surface area contributed by atoms with Gasteiger partial charge in [-0.1, -0.05) is 98.5 Å². The van der Waals surface area contributed by atoms with Gasteiger partial charge in [0.15, 0.2) is 0 Å². The number of hydrogen-bond acceptors (Lipinski definition) is 11. The van der Waals surface area contributed by atoms with Crippen molar-refractivity contribution >= 4 is 63.7 Å². The van der Waals surface area contributed by atoms with Crippen LogP contribution in [-0.4, -0.2) is 92.2 Å². The number of aliphatic carboxylic acids is 1. The number of benzene rings is 2. The Morgan fingerprint density at radius 2 is 1.52 bits per heavy atom. The van der Waals surface area contributed by atoms with Gasteiger partial charge in [-0.05, 0) is 62.6 Å². The van der Waals surface area contributed by atoms with Crippen molar-refractivity contribution < 1.29 is 33.9 Å². The molecule has 54 heavy (non-hydrogen) atoms. The third-order valence-electron chi connectivity index (χ3n) is 8.27. The zero-order chi connectivity index (χ0) is 40.3. The Morgan fingerprint density at radius 1 is 0.907 bits per heavy atom. The van der Waals surface area contributed by atoms with Gasteiger partial charge in [-0.3, -0.25) is 28.9 Å². The Kier molecular flexibility index (Phi) is 19.5. The average Bonchev–Trinajstić information content (AvgIpc) is 3.15. The lowest BCUT2D eigenvalue weighted by Gasteiger charge is -2.30. The molecule has 0 aliphatic rings. The van der Waals surface area contributed by atoms with Gasteiger partial charge < -0.3 is 32.5 Å². The number of unbranched alkanes of at least 4 members (excludes halogenated alkanes) is 1. The summed E-state index contributed by atoms with van der Waals surface area (Å²) < 4.78 is -0.769. The molecule has 0 aliphatic carbocycles. The number of carbonyl (C=O) groups excluding carboxylic acids is 5. The van der Waals surface area contributed by atoms with E-state index in [1.54, 1.807) is 75.4 Å². The van der Waals surface area contributed by atoms with Crippen molar-refractivity contribution in [2.24, 2.45) is 17.4 Å². The standard InChI is InChI=1S/C38H51N7O7S2/c1-25(2)20-30(44-34(49)29(43-31(46)22-40)21-26-12-6-4-7-13-26)35(50)45(23-32(47)42-28(36(51)52)16-10-11-19-39)33(48)17-18-38(3,24-41)54-37(53)27-14-8-5-9-15-27/h4-9,12-15,25,28-30H,10-11,16-23,39-40H2,1-3H3,(H,42,47)(H,43,46)(H,44,49)(H,51,52)/t28-,29-,30-,38?/m0/s1. The van der Waals surface area contributed by atoms with E-state index in [4.69, 9.17) is 23.7 Å². The van der Waals surface area contributed by atoms with Crippen LogP contribution in [0.25, 0.3) is 0 Å². The fourth-order valence-electron chi connectivity index (χ4n) is 5.34. The number of amides is 5. The fourth-order valence-corrected chi connectivity index (χ4v) is 6.94. The van der Waals surface area contributed by atoms with Crippen molar-refractivity contribution in [3.8, 4) is 6.07 Å². The minimum atomic E-state index is -1.33. The van der Waals surface area contributed by atoms with Gasteiger partial charge in [0.05, 0.1) is 16.8 Å². The predicted octanol–water partition coefficient (Wildman–Crippen LogP) is 2.43. The lowest BCUT2D eigenvalue weighted by atomic mass is 10.00. The first-order valence-corrected chi connectivity index (χ1v) is 18.9. The van der Waals surface area contributed by atoms with Crippen LogP contribution in [-0.2, 0) is 35.2 Å². The van der Waals surface area contributed by atoms with Gasteiger partial charge in [0, 0.05) is 12.8 Å². The molecule has 0 bridgehead atoms. The van der Waals surface area contributed by atoms with E-state index in [0.29, 0.717) is 28.5 Å². The summed E-state index contributed by atoms with van der Waals surface area (Å²) >= 11 is 6.65. The topological polar surface area (TPSA) is 238 Å². The maximum absolute atomic E-state index is 14.3. The Hall–Kier alpha value is -4.69. The van der Waals surface area contributed by atoms with Crippen LogP contribution in [0.1, 0.15) is 70.4 Å². The molecule has 5 amide bonds. The summed E-state index contributed by atoms with van der Waals surface area (Å²) in [5.74, 6) is -5.45. The number of carboxylic acid groups (broad SMARTS) is 1. The van der Waals surface area contributed by atoms with Crippen LogP contribution in [0, 0.1) is 17.2 Å². The molecule has 2 aromatic carbocycles. The first kappa shape index (κ1) is 45.5. The quantitative estimate of drug-likeness (QED) is 0.0747. The van der Waals surface area contributed by atoms with E-state index >= 15 is 0 Å². The minimum absolute atomic E-state index is 0.0484. The van der Waals surface area contributed by atoms with Crippen molar-refractivity contribution in [3.05, 3.63) is 71.8 Å². The monoisotopic (exact) mass is 781 g/mol. The van der Waals surface area contributed by atoms with Crippen molar-refractivity contribution in [1.82, 2.24) is 20.9 Å². The molecule has 0 heterocycles. The number of thiocarbonyl (C=S) groups is 1. The Labute approximate surface area is 326 Å². The molecule has 1 unspecified atom stereocenters. The first-order valence-electron chi connectivity index (χ1n) is 17.7. The largest absolute Gasteiger partial charge is 0.480 e. The molecule has 0 saturated heterocycles. The van der Waals surface area contributed by atoms with E-state index in [-0.39, 0.29) is 44.6 Å². The fraction of sp³-hybridized carbons (Fsp3) is 0.474. The van der Waals surface area contributed by atoms with Gasteiger partial charge in [-0.15, -0.1) is 0 Å². The number of nitrogens with two attached hydrogens (primary N) is 2. The summed E-state index contributed by atoms with van der Waals surface area (Å²) in [5, 5.41) is 27.5. The second-order valence-electron chi connectivity index (χ2n) is 13.4. The van der Waals surface area contributed by atoms with Gasteiger partial charge in [0.2, 0.25) is 23.6 Å². The number of nitrogens with one attached hydrogen (secondary N) is 3. The molecule has 0 spiro atoms. The number of thioether (sulfide) groups is 1.